The van der Waals surface area contributed by atoms with Crippen LogP contribution in [-0.2, 0) is 11.3 Å². The van der Waals surface area contributed by atoms with Gasteiger partial charge in [-0.1, -0.05) is 35.3 Å². The topological polar surface area (TPSA) is 49.4 Å². The van der Waals surface area contributed by atoms with Gasteiger partial charge in [0.1, 0.15) is 0 Å². The van der Waals surface area contributed by atoms with Crippen molar-refractivity contribution in [1.82, 2.24) is 4.90 Å². The average molecular weight is 379 g/mol. The molecule has 6 heteroatoms. The first-order valence-electron chi connectivity index (χ1n) is 7.89. The van der Waals surface area contributed by atoms with Crippen LogP contribution in [0.1, 0.15) is 29.3 Å². The van der Waals surface area contributed by atoms with Crippen LogP contribution in [0.2, 0.25) is 10.0 Å². The third-order valence-electron chi connectivity index (χ3n) is 3.77. The molecule has 0 radical (unpaired) electrons. The van der Waals surface area contributed by atoms with Gasteiger partial charge < -0.3 is 10.2 Å². The zero-order chi connectivity index (χ0) is 18.4. The Bertz CT molecular complexity index is 761. The number of hydrogen-bond acceptors (Lipinski definition) is 3. The van der Waals surface area contributed by atoms with Gasteiger partial charge in [0.25, 0.3) is 0 Å². The van der Waals surface area contributed by atoms with Gasteiger partial charge in [0.05, 0.1) is 10.0 Å². The van der Waals surface area contributed by atoms with Gasteiger partial charge in [-0.15, -0.1) is 0 Å². The van der Waals surface area contributed by atoms with Crippen molar-refractivity contribution in [3.8, 4) is 0 Å². The fourth-order valence-electron chi connectivity index (χ4n) is 2.34. The predicted octanol–water partition coefficient (Wildman–Crippen LogP) is 4.66. The maximum atomic E-state index is 12.1. The third-order valence-corrected chi connectivity index (χ3v) is 4.63. The van der Waals surface area contributed by atoms with Gasteiger partial charge in [-0.2, -0.15) is 0 Å². The highest BCUT2D eigenvalue weighted by atomic mass is 35.5. The molecule has 2 aromatic carbocycles. The number of benzene rings is 2. The molecule has 0 saturated carbocycles. The highest BCUT2D eigenvalue weighted by Crippen LogP contribution is 2.26. The number of carbonyl (C=O) groups excluding carboxylic acids is 2. The normalized spacial score (nSPS) is 10.8. The minimum absolute atomic E-state index is 0.000762. The van der Waals surface area contributed by atoms with E-state index in [1.54, 1.807) is 30.3 Å². The monoisotopic (exact) mass is 378 g/mol. The van der Waals surface area contributed by atoms with E-state index in [-0.39, 0.29) is 11.7 Å². The van der Waals surface area contributed by atoms with Crippen LogP contribution in [0.5, 0.6) is 0 Å². The number of carbonyl (C=O) groups is 2. The Balaban J connectivity index is 1.82. The lowest BCUT2D eigenvalue weighted by Crippen LogP contribution is -2.24. The summed E-state index contributed by atoms with van der Waals surface area (Å²) in [5, 5.41) is 3.90. The smallest absolute Gasteiger partial charge is 0.225 e. The predicted molar refractivity (Wildman–Crippen MR) is 102 cm³/mol. The van der Waals surface area contributed by atoms with Crippen LogP contribution < -0.4 is 5.32 Å². The second-order valence-electron chi connectivity index (χ2n) is 5.88. The molecule has 25 heavy (non-hydrogen) atoms. The summed E-state index contributed by atoms with van der Waals surface area (Å²) >= 11 is 12.2. The maximum absolute atomic E-state index is 12.1. The molecule has 2 aromatic rings. The van der Waals surface area contributed by atoms with Crippen molar-refractivity contribution >= 4 is 40.6 Å². The lowest BCUT2D eigenvalue weighted by Gasteiger charge is -2.17. The Labute approximate surface area is 157 Å². The Morgan fingerprint density at radius 3 is 2.40 bits per heavy atom. The van der Waals surface area contributed by atoms with Crippen molar-refractivity contribution in [2.24, 2.45) is 0 Å². The SMILES string of the molecule is CC(=O)c1ccc(NC(=O)CCN(C)Cc2cccc(Cl)c2Cl)cc1. The van der Waals surface area contributed by atoms with Crippen LogP contribution >= 0.6 is 23.2 Å². The van der Waals surface area contributed by atoms with E-state index in [0.29, 0.717) is 40.8 Å². The second-order valence-corrected chi connectivity index (χ2v) is 6.67. The van der Waals surface area contributed by atoms with Crippen LogP contribution in [0.4, 0.5) is 5.69 Å². The molecular weight excluding hydrogens is 359 g/mol. The van der Waals surface area contributed by atoms with E-state index in [0.717, 1.165) is 5.56 Å². The van der Waals surface area contributed by atoms with Gasteiger partial charge >= 0.3 is 0 Å². The summed E-state index contributed by atoms with van der Waals surface area (Å²) in [6.45, 7) is 2.70. The Morgan fingerprint density at radius 1 is 1.08 bits per heavy atom. The number of halogens is 2. The van der Waals surface area contributed by atoms with Gasteiger partial charge in [-0.25, -0.2) is 0 Å². The quantitative estimate of drug-likeness (QED) is 0.712. The molecule has 0 aromatic heterocycles. The minimum Gasteiger partial charge on any atom is -0.326 e. The number of rotatable bonds is 7. The summed E-state index contributed by atoms with van der Waals surface area (Å²) in [6, 6.07) is 12.4. The molecule has 132 valence electrons. The molecule has 0 bridgehead atoms. The van der Waals surface area contributed by atoms with Crippen molar-refractivity contribution in [3.63, 3.8) is 0 Å². The summed E-state index contributed by atoms with van der Waals surface area (Å²) in [6.07, 6.45) is 0.350. The molecule has 0 unspecified atom stereocenters. The molecule has 4 nitrogen and oxygen atoms in total. The van der Waals surface area contributed by atoms with E-state index in [2.05, 4.69) is 5.32 Å². The molecule has 0 saturated heterocycles. The van der Waals surface area contributed by atoms with Gasteiger partial charge in [0, 0.05) is 30.8 Å². The van der Waals surface area contributed by atoms with E-state index in [1.165, 1.54) is 6.92 Å². The molecule has 0 spiro atoms. The molecule has 0 heterocycles. The van der Waals surface area contributed by atoms with Gasteiger partial charge in [-0.05, 0) is 49.9 Å². The van der Waals surface area contributed by atoms with E-state index >= 15 is 0 Å². The number of ketones is 1. The van der Waals surface area contributed by atoms with Crippen LogP contribution in [0, 0.1) is 0 Å². The van der Waals surface area contributed by atoms with Crippen LogP contribution in [0.25, 0.3) is 0 Å². The number of Topliss-reactive ketones (excluding diaryl/α,β-unsaturated/α-hetero) is 1. The zero-order valence-corrected chi connectivity index (χ0v) is 15.7. The number of nitrogens with zero attached hydrogens (tertiary/aromatic N) is 1. The van der Waals surface area contributed by atoms with E-state index in [9.17, 15) is 9.59 Å². The van der Waals surface area contributed by atoms with Crippen molar-refractivity contribution in [2.45, 2.75) is 19.9 Å². The molecule has 2 rings (SSSR count). The third kappa shape index (κ3) is 5.85. The fraction of sp³-hybridized carbons (Fsp3) is 0.263. The fourth-order valence-corrected chi connectivity index (χ4v) is 2.72. The van der Waals surface area contributed by atoms with E-state index < -0.39 is 0 Å². The summed E-state index contributed by atoms with van der Waals surface area (Å²) in [5.41, 5.74) is 2.23. The van der Waals surface area contributed by atoms with Crippen LogP contribution in [0.15, 0.2) is 42.5 Å². The number of nitrogens with one attached hydrogen (secondary N) is 1. The standard InChI is InChI=1S/C19H20Cl2N2O2/c1-13(24)14-6-8-16(9-7-14)22-18(25)10-11-23(2)12-15-4-3-5-17(20)19(15)21/h3-9H,10-12H2,1-2H3,(H,22,25). The first kappa shape index (κ1) is 19.4. The maximum Gasteiger partial charge on any atom is 0.225 e. The number of hydrogen-bond donors (Lipinski definition) is 1. The molecular formula is C19H20Cl2N2O2. The lowest BCUT2D eigenvalue weighted by atomic mass is 10.1. The molecule has 0 aliphatic rings. The highest BCUT2D eigenvalue weighted by Gasteiger charge is 2.09. The average Bonchev–Trinajstić information content (AvgIpc) is 2.58. The van der Waals surface area contributed by atoms with Crippen molar-refractivity contribution in [1.29, 1.82) is 0 Å². The summed E-state index contributed by atoms with van der Waals surface area (Å²) < 4.78 is 0. The molecule has 0 aliphatic heterocycles. The van der Waals surface area contributed by atoms with Crippen LogP contribution in [0.3, 0.4) is 0 Å². The minimum atomic E-state index is -0.0837. The van der Waals surface area contributed by atoms with Gasteiger partial charge in [-0.3, -0.25) is 9.59 Å². The van der Waals surface area contributed by atoms with E-state index in [1.807, 2.05) is 24.1 Å². The Hall–Kier alpha value is -1.88. The van der Waals surface area contributed by atoms with Crippen LogP contribution in [-0.4, -0.2) is 30.2 Å². The lowest BCUT2D eigenvalue weighted by molar-refractivity contribution is -0.116. The first-order valence-corrected chi connectivity index (χ1v) is 8.64. The molecule has 0 fully saturated rings. The number of anilines is 1. The number of amides is 1. The molecule has 1 N–H and O–H groups in total. The Kier molecular flexibility index (Phi) is 7.00. The Morgan fingerprint density at radius 2 is 1.76 bits per heavy atom. The summed E-state index contributed by atoms with van der Waals surface area (Å²) in [5.74, 6) is -0.0845. The molecule has 0 aliphatic carbocycles. The molecule has 1 amide bonds. The van der Waals surface area contributed by atoms with Crippen molar-refractivity contribution in [2.75, 3.05) is 18.9 Å². The summed E-state index contributed by atoms with van der Waals surface area (Å²) in [4.78, 5) is 25.3. The van der Waals surface area contributed by atoms with Gasteiger partial charge in [0.15, 0.2) is 5.78 Å². The first-order chi connectivity index (χ1) is 11.9. The van der Waals surface area contributed by atoms with Gasteiger partial charge in [0.2, 0.25) is 5.91 Å². The second kappa shape index (κ2) is 8.99. The largest absolute Gasteiger partial charge is 0.326 e. The van der Waals surface area contributed by atoms with Crippen molar-refractivity contribution in [3.05, 3.63) is 63.6 Å². The van der Waals surface area contributed by atoms with Crippen molar-refractivity contribution < 1.29 is 9.59 Å². The summed E-state index contributed by atoms with van der Waals surface area (Å²) in [7, 11) is 1.92. The highest BCUT2D eigenvalue weighted by molar-refractivity contribution is 6.42. The molecule has 0 atom stereocenters. The zero-order valence-electron chi connectivity index (χ0n) is 14.2. The van der Waals surface area contributed by atoms with E-state index in [4.69, 9.17) is 23.2 Å².